The fourth-order valence-corrected chi connectivity index (χ4v) is 2.01. The number of ether oxygens (including phenoxy) is 1. The second kappa shape index (κ2) is 7.38. The van der Waals surface area contributed by atoms with Crippen LogP contribution in [0.15, 0.2) is 0 Å². The van der Waals surface area contributed by atoms with E-state index in [1.165, 1.54) is 0 Å². The largest absolute Gasteiger partial charge is 0.459 e. The predicted molar refractivity (Wildman–Crippen MR) is 74.1 cm³/mol. The summed E-state index contributed by atoms with van der Waals surface area (Å²) < 4.78 is 5.35. The van der Waals surface area contributed by atoms with Gasteiger partial charge in [-0.15, -0.1) is 0 Å². The van der Waals surface area contributed by atoms with Gasteiger partial charge in [-0.05, 0) is 27.2 Å². The van der Waals surface area contributed by atoms with Crippen LogP contribution < -0.4 is 5.32 Å². The molecule has 0 aromatic rings. The number of nitrogens with zero attached hydrogens (tertiary/aromatic N) is 1. The van der Waals surface area contributed by atoms with Crippen molar-refractivity contribution >= 4 is 18.2 Å². The third-order valence-electron chi connectivity index (χ3n) is 2.93. The number of hydrogen-bond acceptors (Lipinski definition) is 5. The van der Waals surface area contributed by atoms with E-state index in [1.54, 1.807) is 4.90 Å². The molecule has 1 N–H and O–H groups in total. The maximum Gasteiger partial charge on any atom is 0.325 e. The molecule has 0 aromatic carbocycles. The lowest BCUT2D eigenvalue weighted by Crippen LogP contribution is -2.47. The highest BCUT2D eigenvalue weighted by Gasteiger charge is 2.30. The second-order valence-electron chi connectivity index (χ2n) is 5.94. The Hall–Kier alpha value is -1.43. The summed E-state index contributed by atoms with van der Waals surface area (Å²) in [5.41, 5.74) is -0.544. The van der Waals surface area contributed by atoms with Crippen LogP contribution in [0.1, 0.15) is 40.0 Å². The van der Waals surface area contributed by atoms with Crippen LogP contribution >= 0.6 is 0 Å². The lowest BCUT2D eigenvalue weighted by atomic mass is 10.2. The van der Waals surface area contributed by atoms with Crippen LogP contribution in [0.2, 0.25) is 0 Å². The van der Waals surface area contributed by atoms with Gasteiger partial charge in [-0.2, -0.15) is 0 Å². The minimum Gasteiger partial charge on any atom is -0.459 e. The van der Waals surface area contributed by atoms with E-state index in [1.807, 2.05) is 20.8 Å². The molecule has 0 aromatic heterocycles. The van der Waals surface area contributed by atoms with E-state index in [0.29, 0.717) is 38.9 Å². The van der Waals surface area contributed by atoms with Crippen molar-refractivity contribution in [2.24, 2.45) is 0 Å². The molecule has 1 unspecified atom stereocenters. The summed E-state index contributed by atoms with van der Waals surface area (Å²) in [6, 6.07) is -0.503. The van der Waals surface area contributed by atoms with Crippen LogP contribution in [0.3, 0.4) is 0 Å². The first kappa shape index (κ1) is 16.6. The van der Waals surface area contributed by atoms with E-state index in [0.717, 1.165) is 6.29 Å². The number of amides is 1. The molecule has 6 nitrogen and oxygen atoms in total. The highest BCUT2D eigenvalue weighted by atomic mass is 16.6. The predicted octanol–water partition coefficient (Wildman–Crippen LogP) is 0.498. The van der Waals surface area contributed by atoms with Crippen molar-refractivity contribution in [3.63, 3.8) is 0 Å². The SMILES string of the molecule is CC(C)(C)OC(=O)C1CN(CCCC=O)C(=O)CCN1. The first-order chi connectivity index (χ1) is 9.33. The van der Waals surface area contributed by atoms with E-state index >= 15 is 0 Å². The topological polar surface area (TPSA) is 75.7 Å². The smallest absolute Gasteiger partial charge is 0.325 e. The van der Waals surface area contributed by atoms with Crippen molar-refractivity contribution in [3.8, 4) is 0 Å². The van der Waals surface area contributed by atoms with E-state index in [2.05, 4.69) is 5.32 Å². The standard InChI is InChI=1S/C14H24N2O4/c1-14(2,3)20-13(19)11-10-16(8-4-5-9-17)12(18)6-7-15-11/h9,11,15H,4-8,10H2,1-3H3. The Labute approximate surface area is 119 Å². The summed E-state index contributed by atoms with van der Waals surface area (Å²) in [6.07, 6.45) is 2.25. The molecule has 1 aliphatic rings. The third kappa shape index (κ3) is 5.69. The first-order valence-electron chi connectivity index (χ1n) is 7.01. The molecule has 1 saturated heterocycles. The van der Waals surface area contributed by atoms with Crippen molar-refractivity contribution in [1.82, 2.24) is 10.2 Å². The van der Waals surface area contributed by atoms with E-state index < -0.39 is 11.6 Å². The maximum atomic E-state index is 12.1. The zero-order chi connectivity index (χ0) is 15.2. The van der Waals surface area contributed by atoms with Crippen molar-refractivity contribution in [1.29, 1.82) is 0 Å². The number of carbonyl (C=O) groups is 3. The summed E-state index contributed by atoms with van der Waals surface area (Å²) in [5, 5.41) is 3.05. The van der Waals surface area contributed by atoms with Gasteiger partial charge in [0.15, 0.2) is 0 Å². The molecule has 1 amide bonds. The van der Waals surface area contributed by atoms with Crippen molar-refractivity contribution in [3.05, 3.63) is 0 Å². The molecule has 0 radical (unpaired) electrons. The Bertz CT molecular complexity index is 363. The van der Waals surface area contributed by atoms with Gasteiger partial charge in [0.2, 0.25) is 5.91 Å². The van der Waals surface area contributed by atoms with Crippen LogP contribution in [-0.4, -0.2) is 54.3 Å². The molecule has 0 spiro atoms. The van der Waals surface area contributed by atoms with Gasteiger partial charge in [-0.1, -0.05) is 0 Å². The fourth-order valence-electron chi connectivity index (χ4n) is 2.01. The lowest BCUT2D eigenvalue weighted by molar-refractivity contribution is -0.157. The summed E-state index contributed by atoms with van der Waals surface area (Å²) in [4.78, 5) is 35.9. The molecule has 1 aliphatic heterocycles. The zero-order valence-corrected chi connectivity index (χ0v) is 12.5. The molecule has 6 heteroatoms. The Kier molecular flexibility index (Phi) is 6.13. The van der Waals surface area contributed by atoms with Gasteiger partial charge in [0.05, 0.1) is 0 Å². The highest BCUT2D eigenvalue weighted by molar-refractivity contribution is 5.81. The van der Waals surface area contributed by atoms with Gasteiger partial charge in [-0.25, -0.2) is 0 Å². The normalized spacial score (nSPS) is 20.4. The van der Waals surface area contributed by atoms with Crippen molar-refractivity contribution < 1.29 is 19.1 Å². The van der Waals surface area contributed by atoms with Crippen molar-refractivity contribution in [2.75, 3.05) is 19.6 Å². The number of nitrogens with one attached hydrogen (secondary N) is 1. The minimum atomic E-state index is -0.544. The molecule has 0 saturated carbocycles. The fraction of sp³-hybridized carbons (Fsp3) is 0.786. The first-order valence-corrected chi connectivity index (χ1v) is 7.01. The van der Waals surface area contributed by atoms with Crippen LogP contribution in [0, 0.1) is 0 Å². The highest BCUT2D eigenvalue weighted by Crippen LogP contribution is 2.11. The summed E-state index contributed by atoms with van der Waals surface area (Å²) in [5.74, 6) is -0.331. The van der Waals surface area contributed by atoms with Gasteiger partial charge >= 0.3 is 5.97 Å². The molecular weight excluding hydrogens is 260 g/mol. The molecule has 1 fully saturated rings. The Balaban J connectivity index is 2.61. The monoisotopic (exact) mass is 284 g/mol. The molecule has 114 valence electrons. The molecular formula is C14H24N2O4. The van der Waals surface area contributed by atoms with Crippen LogP contribution in [0.4, 0.5) is 0 Å². The molecule has 0 bridgehead atoms. The maximum absolute atomic E-state index is 12.1. The summed E-state index contributed by atoms with van der Waals surface area (Å²) in [6.45, 7) is 6.70. The van der Waals surface area contributed by atoms with E-state index in [-0.39, 0.29) is 11.9 Å². The molecule has 20 heavy (non-hydrogen) atoms. The Morgan fingerprint density at radius 1 is 1.50 bits per heavy atom. The van der Waals surface area contributed by atoms with E-state index in [4.69, 9.17) is 4.74 Å². The third-order valence-corrected chi connectivity index (χ3v) is 2.93. The molecule has 0 aliphatic carbocycles. The number of aldehydes is 1. The lowest BCUT2D eigenvalue weighted by Gasteiger charge is -2.26. The molecule has 1 heterocycles. The summed E-state index contributed by atoms with van der Waals surface area (Å²) >= 11 is 0. The number of hydrogen-bond donors (Lipinski definition) is 1. The van der Waals surface area contributed by atoms with Crippen LogP contribution in [0.5, 0.6) is 0 Å². The number of esters is 1. The van der Waals surface area contributed by atoms with Gasteiger partial charge < -0.3 is 19.7 Å². The van der Waals surface area contributed by atoms with Gasteiger partial charge in [0.25, 0.3) is 0 Å². The minimum absolute atomic E-state index is 0.00876. The molecule has 1 atom stereocenters. The number of rotatable bonds is 5. The van der Waals surface area contributed by atoms with Gasteiger partial charge in [0, 0.05) is 32.5 Å². The van der Waals surface area contributed by atoms with Crippen molar-refractivity contribution in [2.45, 2.75) is 51.7 Å². The van der Waals surface area contributed by atoms with Gasteiger partial charge in [0.1, 0.15) is 17.9 Å². The quantitative estimate of drug-likeness (QED) is 0.452. The average molecular weight is 284 g/mol. The zero-order valence-electron chi connectivity index (χ0n) is 12.5. The van der Waals surface area contributed by atoms with E-state index in [9.17, 15) is 14.4 Å². The number of carbonyl (C=O) groups excluding carboxylic acids is 3. The molecule has 1 rings (SSSR count). The number of unbranched alkanes of at least 4 members (excludes halogenated alkanes) is 1. The Morgan fingerprint density at radius 2 is 2.20 bits per heavy atom. The second-order valence-corrected chi connectivity index (χ2v) is 5.94. The average Bonchev–Trinajstić information content (AvgIpc) is 2.50. The van der Waals surface area contributed by atoms with Crippen LogP contribution in [-0.2, 0) is 19.1 Å². The summed E-state index contributed by atoms with van der Waals surface area (Å²) in [7, 11) is 0. The van der Waals surface area contributed by atoms with Gasteiger partial charge in [-0.3, -0.25) is 9.59 Å². The van der Waals surface area contributed by atoms with Crippen LogP contribution in [0.25, 0.3) is 0 Å². The Morgan fingerprint density at radius 3 is 2.80 bits per heavy atom.